The van der Waals surface area contributed by atoms with E-state index in [1.54, 1.807) is 0 Å². The molecule has 1 aliphatic rings. The van der Waals surface area contributed by atoms with E-state index in [0.717, 1.165) is 6.07 Å². The van der Waals surface area contributed by atoms with Gasteiger partial charge in [0.05, 0.1) is 38.0 Å². The lowest BCUT2D eigenvalue weighted by molar-refractivity contribution is -0.0185. The predicted octanol–water partition coefficient (Wildman–Crippen LogP) is 0.387. The molecule has 6 nitrogen and oxygen atoms in total. The SMILES string of the molecule is NCCCOc1ccc(F)cc1C(=O)N1CCOCC1CO. The summed E-state index contributed by atoms with van der Waals surface area (Å²) in [5.74, 6) is -0.559. The van der Waals surface area contributed by atoms with E-state index in [-0.39, 0.29) is 24.7 Å². The van der Waals surface area contributed by atoms with Crippen molar-refractivity contribution in [2.45, 2.75) is 12.5 Å². The molecule has 1 aromatic rings. The second-order valence-electron chi connectivity index (χ2n) is 5.04. The van der Waals surface area contributed by atoms with Crippen LogP contribution in [0.15, 0.2) is 18.2 Å². The largest absolute Gasteiger partial charge is 0.493 e. The number of hydrogen-bond donors (Lipinski definition) is 2. The third-order valence-electron chi connectivity index (χ3n) is 3.48. The van der Waals surface area contributed by atoms with Crippen LogP contribution in [0, 0.1) is 5.82 Å². The number of halogens is 1. The van der Waals surface area contributed by atoms with Crippen LogP contribution < -0.4 is 10.5 Å². The number of nitrogens with two attached hydrogens (primary N) is 1. The van der Waals surface area contributed by atoms with Crippen molar-refractivity contribution >= 4 is 5.91 Å². The van der Waals surface area contributed by atoms with Crippen LogP contribution in [0.1, 0.15) is 16.8 Å². The smallest absolute Gasteiger partial charge is 0.258 e. The molecule has 2 rings (SSSR count). The fourth-order valence-electron chi connectivity index (χ4n) is 2.29. The summed E-state index contributed by atoms with van der Waals surface area (Å²) in [5, 5.41) is 9.36. The zero-order valence-corrected chi connectivity index (χ0v) is 12.3. The Hall–Kier alpha value is -1.70. The van der Waals surface area contributed by atoms with E-state index in [1.165, 1.54) is 17.0 Å². The van der Waals surface area contributed by atoms with Gasteiger partial charge in [-0.25, -0.2) is 4.39 Å². The van der Waals surface area contributed by atoms with E-state index in [4.69, 9.17) is 15.2 Å². The first-order chi connectivity index (χ1) is 10.7. The van der Waals surface area contributed by atoms with E-state index in [0.29, 0.717) is 38.5 Å². The molecular formula is C15H21FN2O4. The molecule has 1 aliphatic heterocycles. The Morgan fingerprint density at radius 3 is 3.09 bits per heavy atom. The van der Waals surface area contributed by atoms with Crippen molar-refractivity contribution in [3.05, 3.63) is 29.6 Å². The van der Waals surface area contributed by atoms with E-state index >= 15 is 0 Å². The second kappa shape index (κ2) is 8.07. The molecule has 0 radical (unpaired) electrons. The number of morpholine rings is 1. The zero-order chi connectivity index (χ0) is 15.9. The van der Waals surface area contributed by atoms with Gasteiger partial charge in [-0.15, -0.1) is 0 Å². The first-order valence-corrected chi connectivity index (χ1v) is 7.29. The third-order valence-corrected chi connectivity index (χ3v) is 3.48. The highest BCUT2D eigenvalue weighted by Gasteiger charge is 2.29. The van der Waals surface area contributed by atoms with Gasteiger partial charge in [-0.05, 0) is 31.2 Å². The molecule has 1 atom stereocenters. The topological polar surface area (TPSA) is 85.0 Å². The molecule has 22 heavy (non-hydrogen) atoms. The molecule has 122 valence electrons. The maximum atomic E-state index is 13.5. The zero-order valence-electron chi connectivity index (χ0n) is 12.3. The molecule has 1 saturated heterocycles. The van der Waals surface area contributed by atoms with Crippen LogP contribution >= 0.6 is 0 Å². The average molecular weight is 312 g/mol. The molecule has 1 heterocycles. The van der Waals surface area contributed by atoms with Crippen LogP contribution in [0.2, 0.25) is 0 Å². The van der Waals surface area contributed by atoms with Crippen LogP contribution in [0.5, 0.6) is 5.75 Å². The summed E-state index contributed by atoms with van der Waals surface area (Å²) < 4.78 is 24.3. The molecule has 1 fully saturated rings. The molecule has 3 N–H and O–H groups in total. The van der Waals surface area contributed by atoms with Gasteiger partial charge >= 0.3 is 0 Å². The summed E-state index contributed by atoms with van der Waals surface area (Å²) >= 11 is 0. The summed E-state index contributed by atoms with van der Waals surface area (Å²) in [6, 6.07) is 3.41. The number of ether oxygens (including phenoxy) is 2. The van der Waals surface area contributed by atoms with E-state index < -0.39 is 11.9 Å². The highest BCUT2D eigenvalue weighted by atomic mass is 19.1. The number of carbonyl (C=O) groups is 1. The average Bonchev–Trinajstić information content (AvgIpc) is 2.55. The molecule has 1 unspecified atom stereocenters. The normalized spacial score (nSPS) is 18.3. The first-order valence-electron chi connectivity index (χ1n) is 7.29. The van der Waals surface area contributed by atoms with Gasteiger partial charge in [0.15, 0.2) is 0 Å². The summed E-state index contributed by atoms with van der Waals surface area (Å²) in [6.07, 6.45) is 0.641. The van der Waals surface area contributed by atoms with Gasteiger partial charge in [-0.2, -0.15) is 0 Å². The Labute approximate surface area is 128 Å². The van der Waals surface area contributed by atoms with Crippen molar-refractivity contribution in [1.82, 2.24) is 4.90 Å². The van der Waals surface area contributed by atoms with E-state index in [9.17, 15) is 14.3 Å². The summed E-state index contributed by atoms with van der Waals surface area (Å²) in [4.78, 5) is 14.2. The number of aliphatic hydroxyl groups excluding tert-OH is 1. The minimum atomic E-state index is -0.511. The molecule has 0 aliphatic carbocycles. The lowest BCUT2D eigenvalue weighted by Crippen LogP contribution is -2.50. The van der Waals surface area contributed by atoms with Crippen molar-refractivity contribution in [2.75, 3.05) is 39.5 Å². The highest BCUT2D eigenvalue weighted by molar-refractivity contribution is 5.97. The Morgan fingerprint density at radius 1 is 1.55 bits per heavy atom. The number of benzene rings is 1. The van der Waals surface area contributed by atoms with Crippen molar-refractivity contribution in [3.8, 4) is 5.75 Å². The van der Waals surface area contributed by atoms with Gasteiger partial charge in [0.25, 0.3) is 5.91 Å². The Kier molecular flexibility index (Phi) is 6.11. The van der Waals surface area contributed by atoms with Gasteiger partial charge in [-0.3, -0.25) is 4.79 Å². The quantitative estimate of drug-likeness (QED) is 0.742. The lowest BCUT2D eigenvalue weighted by atomic mass is 10.1. The highest BCUT2D eigenvalue weighted by Crippen LogP contribution is 2.23. The Morgan fingerprint density at radius 2 is 2.36 bits per heavy atom. The minimum Gasteiger partial charge on any atom is -0.493 e. The minimum absolute atomic E-state index is 0.150. The number of hydrogen-bond acceptors (Lipinski definition) is 5. The molecule has 1 amide bonds. The van der Waals surface area contributed by atoms with Gasteiger partial charge in [0.2, 0.25) is 0 Å². The van der Waals surface area contributed by atoms with Gasteiger partial charge in [-0.1, -0.05) is 0 Å². The van der Waals surface area contributed by atoms with Crippen molar-refractivity contribution in [2.24, 2.45) is 5.73 Å². The van der Waals surface area contributed by atoms with Gasteiger partial charge in [0.1, 0.15) is 11.6 Å². The Bertz CT molecular complexity index is 512. The van der Waals surface area contributed by atoms with Crippen LogP contribution in [-0.2, 0) is 4.74 Å². The molecule has 0 aromatic heterocycles. The van der Waals surface area contributed by atoms with Crippen molar-refractivity contribution < 1.29 is 23.8 Å². The maximum absolute atomic E-state index is 13.5. The summed E-state index contributed by atoms with van der Waals surface area (Å²) in [6.45, 7) is 1.63. The van der Waals surface area contributed by atoms with Crippen molar-refractivity contribution in [1.29, 1.82) is 0 Å². The molecule has 0 spiro atoms. The van der Waals surface area contributed by atoms with Crippen LogP contribution in [0.3, 0.4) is 0 Å². The van der Waals surface area contributed by atoms with Gasteiger partial charge in [0, 0.05) is 6.54 Å². The summed E-state index contributed by atoms with van der Waals surface area (Å²) in [7, 11) is 0. The molecule has 7 heteroatoms. The summed E-state index contributed by atoms with van der Waals surface area (Å²) in [5.41, 5.74) is 5.56. The second-order valence-corrected chi connectivity index (χ2v) is 5.04. The fraction of sp³-hybridized carbons (Fsp3) is 0.533. The number of aliphatic hydroxyl groups is 1. The number of rotatable bonds is 6. The third kappa shape index (κ3) is 3.94. The van der Waals surface area contributed by atoms with E-state index in [1.807, 2.05) is 0 Å². The Balaban J connectivity index is 2.21. The monoisotopic (exact) mass is 312 g/mol. The van der Waals surface area contributed by atoms with Crippen LogP contribution in [0.25, 0.3) is 0 Å². The number of amides is 1. The molecular weight excluding hydrogens is 291 g/mol. The predicted molar refractivity (Wildman–Crippen MR) is 78.3 cm³/mol. The lowest BCUT2D eigenvalue weighted by Gasteiger charge is -2.34. The molecule has 0 bridgehead atoms. The first kappa shape index (κ1) is 16.7. The molecule has 1 aromatic carbocycles. The fourth-order valence-corrected chi connectivity index (χ4v) is 2.29. The maximum Gasteiger partial charge on any atom is 0.258 e. The van der Waals surface area contributed by atoms with Crippen LogP contribution in [0.4, 0.5) is 4.39 Å². The standard InChI is InChI=1S/C15H21FN2O4/c16-11-2-3-14(22-6-1-4-17)13(8-11)15(20)18-5-7-21-10-12(18)9-19/h2-3,8,12,19H,1,4-7,9-10,17H2. The molecule has 0 saturated carbocycles. The number of nitrogens with zero attached hydrogens (tertiary/aromatic N) is 1. The van der Waals surface area contributed by atoms with Crippen LogP contribution in [-0.4, -0.2) is 61.5 Å². The van der Waals surface area contributed by atoms with Gasteiger partial charge < -0.3 is 25.2 Å². The van der Waals surface area contributed by atoms with E-state index in [2.05, 4.69) is 0 Å². The number of carbonyl (C=O) groups excluding carboxylic acids is 1. The van der Waals surface area contributed by atoms with Crippen molar-refractivity contribution in [3.63, 3.8) is 0 Å².